The van der Waals surface area contributed by atoms with Crippen LogP contribution in [-0.4, -0.2) is 4.98 Å². The smallest absolute Gasteiger partial charge is 0.140 e. The van der Waals surface area contributed by atoms with Crippen LogP contribution in [-0.2, 0) is 18.0 Å². The van der Waals surface area contributed by atoms with Gasteiger partial charge in [0.1, 0.15) is 17.6 Å². The Morgan fingerprint density at radius 3 is 2.83 bits per heavy atom. The van der Waals surface area contributed by atoms with E-state index in [9.17, 15) is 4.39 Å². The Labute approximate surface area is 104 Å². The van der Waals surface area contributed by atoms with E-state index in [-0.39, 0.29) is 12.4 Å². The van der Waals surface area contributed by atoms with Crippen molar-refractivity contribution in [1.82, 2.24) is 4.98 Å². The summed E-state index contributed by atoms with van der Waals surface area (Å²) in [5.74, 6) is -0.273. The van der Waals surface area contributed by atoms with Gasteiger partial charge in [0.2, 0.25) is 0 Å². The second kappa shape index (κ2) is 5.89. The first kappa shape index (κ1) is 12.2. The summed E-state index contributed by atoms with van der Waals surface area (Å²) in [6.07, 6.45) is 1.56. The van der Waals surface area contributed by atoms with Crippen LogP contribution in [0.25, 0.3) is 0 Å². The van der Waals surface area contributed by atoms with Crippen molar-refractivity contribution in [2.24, 2.45) is 0 Å². The first-order chi connectivity index (χ1) is 8.79. The van der Waals surface area contributed by atoms with Gasteiger partial charge in [0.25, 0.3) is 0 Å². The average Bonchev–Trinajstić information content (AvgIpc) is 2.41. The highest BCUT2D eigenvalue weighted by Gasteiger charge is 2.01. The second-order valence-electron chi connectivity index (χ2n) is 3.75. The van der Waals surface area contributed by atoms with Gasteiger partial charge in [-0.1, -0.05) is 18.2 Å². The van der Waals surface area contributed by atoms with Gasteiger partial charge in [0, 0.05) is 11.8 Å². The minimum atomic E-state index is -0.273. The third kappa shape index (κ3) is 3.12. The monoisotopic (exact) mass is 242 g/mol. The van der Waals surface area contributed by atoms with E-state index >= 15 is 0 Å². The van der Waals surface area contributed by atoms with E-state index in [1.165, 1.54) is 6.07 Å². The second-order valence-corrected chi connectivity index (χ2v) is 3.75. The molecule has 0 atom stereocenters. The Morgan fingerprint density at radius 1 is 1.22 bits per heavy atom. The van der Waals surface area contributed by atoms with Crippen LogP contribution in [0.5, 0.6) is 0 Å². The van der Waals surface area contributed by atoms with E-state index in [0.717, 1.165) is 5.56 Å². The number of rotatable bonds is 4. The molecular formula is C14H11FN2O. The average molecular weight is 242 g/mol. The van der Waals surface area contributed by atoms with E-state index in [1.807, 2.05) is 6.07 Å². The maximum absolute atomic E-state index is 13.3. The molecule has 0 aliphatic rings. The lowest BCUT2D eigenvalue weighted by Crippen LogP contribution is -1.97. The van der Waals surface area contributed by atoms with E-state index in [1.54, 1.807) is 36.5 Å². The van der Waals surface area contributed by atoms with Crippen molar-refractivity contribution < 1.29 is 9.13 Å². The van der Waals surface area contributed by atoms with Crippen molar-refractivity contribution in [2.45, 2.75) is 13.2 Å². The topological polar surface area (TPSA) is 45.9 Å². The maximum atomic E-state index is 13.3. The summed E-state index contributed by atoms with van der Waals surface area (Å²) in [6, 6.07) is 11.9. The Balaban J connectivity index is 1.93. The first-order valence-electron chi connectivity index (χ1n) is 5.46. The number of nitrogens with zero attached hydrogens (tertiary/aromatic N) is 2. The van der Waals surface area contributed by atoms with Gasteiger partial charge < -0.3 is 4.74 Å². The molecule has 0 unspecified atom stereocenters. The van der Waals surface area contributed by atoms with Gasteiger partial charge >= 0.3 is 0 Å². The molecule has 90 valence electrons. The van der Waals surface area contributed by atoms with Crippen LogP contribution in [0.4, 0.5) is 4.39 Å². The van der Waals surface area contributed by atoms with Crippen molar-refractivity contribution in [1.29, 1.82) is 5.26 Å². The molecule has 0 amide bonds. The highest BCUT2D eigenvalue weighted by Crippen LogP contribution is 2.10. The van der Waals surface area contributed by atoms with Crippen molar-refractivity contribution in [2.75, 3.05) is 0 Å². The molecule has 0 saturated heterocycles. The molecule has 3 nitrogen and oxygen atoms in total. The summed E-state index contributed by atoms with van der Waals surface area (Å²) in [5, 5.41) is 8.70. The fourth-order valence-electron chi connectivity index (χ4n) is 1.52. The Morgan fingerprint density at radius 2 is 2.06 bits per heavy atom. The molecule has 0 bridgehead atoms. The van der Waals surface area contributed by atoms with Crippen molar-refractivity contribution in [3.8, 4) is 6.07 Å². The molecule has 0 aliphatic carbocycles. The molecule has 2 aromatic rings. The van der Waals surface area contributed by atoms with Gasteiger partial charge in [-0.15, -0.1) is 0 Å². The zero-order valence-corrected chi connectivity index (χ0v) is 9.64. The predicted octanol–water partition coefficient (Wildman–Crippen LogP) is 2.81. The van der Waals surface area contributed by atoms with Crippen LogP contribution in [0.1, 0.15) is 16.8 Å². The van der Waals surface area contributed by atoms with E-state index in [0.29, 0.717) is 17.9 Å². The first-order valence-corrected chi connectivity index (χ1v) is 5.46. The normalized spacial score (nSPS) is 10.0. The Kier molecular flexibility index (Phi) is 4.00. The van der Waals surface area contributed by atoms with Crippen LogP contribution in [0.15, 0.2) is 42.6 Å². The lowest BCUT2D eigenvalue weighted by atomic mass is 10.2. The van der Waals surface area contributed by atoms with Crippen molar-refractivity contribution in [3.05, 3.63) is 65.2 Å². The van der Waals surface area contributed by atoms with Gasteiger partial charge in [-0.2, -0.15) is 5.26 Å². The lowest BCUT2D eigenvalue weighted by molar-refractivity contribution is 0.105. The Hall–Kier alpha value is -2.25. The molecule has 1 heterocycles. The quantitative estimate of drug-likeness (QED) is 0.828. The summed E-state index contributed by atoms with van der Waals surface area (Å²) >= 11 is 0. The molecule has 0 saturated carbocycles. The number of aromatic nitrogens is 1. The largest absolute Gasteiger partial charge is 0.372 e. The molecule has 0 radical (unpaired) electrons. The summed E-state index contributed by atoms with van der Waals surface area (Å²) < 4.78 is 18.7. The SMILES string of the molecule is N#Cc1cc(COCc2ccccc2F)ccn1. The van der Waals surface area contributed by atoms with Crippen LogP contribution in [0.3, 0.4) is 0 Å². The number of nitriles is 1. The van der Waals surface area contributed by atoms with Crippen LogP contribution >= 0.6 is 0 Å². The summed E-state index contributed by atoms with van der Waals surface area (Å²) in [7, 11) is 0. The minimum absolute atomic E-state index is 0.205. The predicted molar refractivity (Wildman–Crippen MR) is 63.8 cm³/mol. The van der Waals surface area contributed by atoms with E-state index in [2.05, 4.69) is 4.98 Å². The highest BCUT2D eigenvalue weighted by atomic mass is 19.1. The molecule has 1 aromatic carbocycles. The lowest BCUT2D eigenvalue weighted by Gasteiger charge is -2.05. The summed E-state index contributed by atoms with van der Waals surface area (Å²) in [4.78, 5) is 3.86. The minimum Gasteiger partial charge on any atom is -0.372 e. The molecule has 2 rings (SSSR count). The standard InChI is InChI=1S/C14H11FN2O/c15-14-4-2-1-3-12(14)10-18-9-11-5-6-17-13(7-11)8-16/h1-7H,9-10H2. The van der Waals surface area contributed by atoms with Crippen LogP contribution in [0.2, 0.25) is 0 Å². The molecule has 0 aliphatic heterocycles. The number of halogens is 1. The van der Waals surface area contributed by atoms with Crippen LogP contribution in [0, 0.1) is 17.1 Å². The molecule has 4 heteroatoms. The molecule has 18 heavy (non-hydrogen) atoms. The molecule has 1 aromatic heterocycles. The zero-order chi connectivity index (χ0) is 12.8. The highest BCUT2D eigenvalue weighted by molar-refractivity contribution is 5.25. The summed E-state index contributed by atoms with van der Waals surface area (Å²) in [5.41, 5.74) is 1.71. The fourth-order valence-corrected chi connectivity index (χ4v) is 1.52. The fraction of sp³-hybridized carbons (Fsp3) is 0.143. The van der Waals surface area contributed by atoms with Gasteiger partial charge in [-0.05, 0) is 23.8 Å². The van der Waals surface area contributed by atoms with E-state index in [4.69, 9.17) is 10.00 Å². The number of hydrogen-bond donors (Lipinski definition) is 0. The van der Waals surface area contributed by atoms with Gasteiger partial charge in [0.05, 0.1) is 13.2 Å². The molecule has 0 fully saturated rings. The van der Waals surface area contributed by atoms with Crippen LogP contribution < -0.4 is 0 Å². The maximum Gasteiger partial charge on any atom is 0.140 e. The number of hydrogen-bond acceptors (Lipinski definition) is 3. The van der Waals surface area contributed by atoms with Gasteiger partial charge in [0.15, 0.2) is 0 Å². The zero-order valence-electron chi connectivity index (χ0n) is 9.64. The number of benzene rings is 1. The number of pyridine rings is 1. The number of ether oxygens (including phenoxy) is 1. The molecule has 0 spiro atoms. The van der Waals surface area contributed by atoms with Crippen molar-refractivity contribution in [3.63, 3.8) is 0 Å². The third-order valence-corrected chi connectivity index (χ3v) is 2.42. The Bertz CT molecular complexity index is 578. The molecular weight excluding hydrogens is 231 g/mol. The van der Waals surface area contributed by atoms with Gasteiger partial charge in [-0.25, -0.2) is 9.37 Å². The third-order valence-electron chi connectivity index (χ3n) is 2.42. The molecule has 0 N–H and O–H groups in total. The van der Waals surface area contributed by atoms with Crippen molar-refractivity contribution >= 4 is 0 Å². The summed E-state index contributed by atoms with van der Waals surface area (Å²) in [6.45, 7) is 0.530. The van der Waals surface area contributed by atoms with Gasteiger partial charge in [-0.3, -0.25) is 0 Å². The van der Waals surface area contributed by atoms with E-state index < -0.39 is 0 Å².